The third kappa shape index (κ3) is 4.02. The highest BCUT2D eigenvalue weighted by atomic mass is 19.1. The molecule has 3 heteroatoms. The second kappa shape index (κ2) is 6.84. The van der Waals surface area contributed by atoms with E-state index < -0.39 is 0 Å². The lowest BCUT2D eigenvalue weighted by molar-refractivity contribution is -0.114. The van der Waals surface area contributed by atoms with Gasteiger partial charge in [-0.3, -0.25) is 4.79 Å². The van der Waals surface area contributed by atoms with Crippen LogP contribution in [0.3, 0.4) is 0 Å². The summed E-state index contributed by atoms with van der Waals surface area (Å²) < 4.78 is 13.1. The van der Waals surface area contributed by atoms with Gasteiger partial charge in [-0.25, -0.2) is 4.39 Å². The first-order valence-corrected chi connectivity index (χ1v) is 6.92. The number of likely N-dealkylation sites (N-methyl/N-ethyl adjacent to an activating group) is 1. The van der Waals surface area contributed by atoms with E-state index in [9.17, 15) is 9.18 Å². The fourth-order valence-corrected chi connectivity index (χ4v) is 2.13. The van der Waals surface area contributed by atoms with E-state index >= 15 is 0 Å². The second-order valence-electron chi connectivity index (χ2n) is 4.81. The normalized spacial score (nSPS) is 10.8. The molecule has 0 fully saturated rings. The van der Waals surface area contributed by atoms with Crippen molar-refractivity contribution in [2.24, 2.45) is 0 Å². The standard InChI is InChI=1S/C18H18FNO/c1-3-20(17-9-4-6-14(2)12-17)18(21)11-10-15-7-5-8-16(19)13-15/h4-13H,3H2,1-2H3/b11-10+. The van der Waals surface area contributed by atoms with Gasteiger partial charge in [-0.05, 0) is 55.3 Å². The Morgan fingerprint density at radius 1 is 1.19 bits per heavy atom. The monoisotopic (exact) mass is 283 g/mol. The van der Waals surface area contributed by atoms with E-state index in [1.807, 2.05) is 38.1 Å². The quantitative estimate of drug-likeness (QED) is 0.770. The van der Waals surface area contributed by atoms with Crippen molar-refractivity contribution in [3.63, 3.8) is 0 Å². The summed E-state index contributed by atoms with van der Waals surface area (Å²) in [5.41, 5.74) is 2.64. The van der Waals surface area contributed by atoms with E-state index in [-0.39, 0.29) is 11.7 Å². The van der Waals surface area contributed by atoms with Gasteiger partial charge in [0.05, 0.1) is 0 Å². The zero-order valence-corrected chi connectivity index (χ0v) is 12.2. The zero-order chi connectivity index (χ0) is 15.2. The summed E-state index contributed by atoms with van der Waals surface area (Å²) in [6.45, 7) is 4.50. The Morgan fingerprint density at radius 2 is 1.95 bits per heavy atom. The predicted molar refractivity (Wildman–Crippen MR) is 84.6 cm³/mol. The maximum Gasteiger partial charge on any atom is 0.250 e. The number of rotatable bonds is 4. The van der Waals surface area contributed by atoms with Crippen LogP contribution in [0.2, 0.25) is 0 Å². The number of hydrogen-bond acceptors (Lipinski definition) is 1. The Morgan fingerprint density at radius 3 is 2.62 bits per heavy atom. The number of aryl methyl sites for hydroxylation is 1. The molecule has 21 heavy (non-hydrogen) atoms. The molecule has 0 radical (unpaired) electrons. The molecule has 0 spiro atoms. The first kappa shape index (κ1) is 15.0. The van der Waals surface area contributed by atoms with E-state index in [0.717, 1.165) is 11.3 Å². The number of hydrogen-bond donors (Lipinski definition) is 0. The first-order chi connectivity index (χ1) is 10.1. The minimum atomic E-state index is -0.310. The van der Waals surface area contributed by atoms with Crippen LogP contribution in [0.4, 0.5) is 10.1 Å². The molecule has 2 aromatic rings. The number of amides is 1. The third-order valence-electron chi connectivity index (χ3n) is 3.16. The van der Waals surface area contributed by atoms with Crippen LogP contribution in [0.5, 0.6) is 0 Å². The molecule has 0 aromatic heterocycles. The summed E-state index contributed by atoms with van der Waals surface area (Å²) in [5.74, 6) is -0.428. The highest BCUT2D eigenvalue weighted by Gasteiger charge is 2.10. The highest BCUT2D eigenvalue weighted by molar-refractivity contribution is 6.03. The van der Waals surface area contributed by atoms with Gasteiger partial charge in [0, 0.05) is 18.3 Å². The summed E-state index contributed by atoms with van der Waals surface area (Å²) in [7, 11) is 0. The lowest BCUT2D eigenvalue weighted by atomic mass is 10.2. The van der Waals surface area contributed by atoms with E-state index in [1.54, 1.807) is 23.1 Å². The molecule has 108 valence electrons. The van der Waals surface area contributed by atoms with Gasteiger partial charge in [-0.2, -0.15) is 0 Å². The van der Waals surface area contributed by atoms with Crippen molar-refractivity contribution in [1.82, 2.24) is 0 Å². The largest absolute Gasteiger partial charge is 0.309 e. The predicted octanol–water partition coefficient (Wildman–Crippen LogP) is 4.20. The highest BCUT2D eigenvalue weighted by Crippen LogP contribution is 2.16. The first-order valence-electron chi connectivity index (χ1n) is 6.92. The minimum absolute atomic E-state index is 0.118. The Kier molecular flexibility index (Phi) is 4.88. The average Bonchev–Trinajstić information content (AvgIpc) is 2.46. The smallest absolute Gasteiger partial charge is 0.250 e. The van der Waals surface area contributed by atoms with Crippen LogP contribution < -0.4 is 4.90 Å². The summed E-state index contributed by atoms with van der Waals surface area (Å²) in [6.07, 6.45) is 3.10. The Labute approximate surface area is 124 Å². The van der Waals surface area contributed by atoms with E-state index in [1.165, 1.54) is 18.2 Å². The molecule has 1 amide bonds. The van der Waals surface area contributed by atoms with Crippen LogP contribution in [0.1, 0.15) is 18.1 Å². The molecule has 0 aliphatic rings. The number of carbonyl (C=O) groups excluding carboxylic acids is 1. The topological polar surface area (TPSA) is 20.3 Å². The number of benzene rings is 2. The van der Waals surface area contributed by atoms with Crippen molar-refractivity contribution in [3.05, 3.63) is 71.6 Å². The van der Waals surface area contributed by atoms with Gasteiger partial charge in [-0.15, -0.1) is 0 Å². The molecular weight excluding hydrogens is 265 g/mol. The molecule has 0 saturated heterocycles. The molecule has 2 rings (SSSR count). The summed E-state index contributed by atoms with van der Waals surface area (Å²) in [6, 6.07) is 14.0. The van der Waals surface area contributed by atoms with Crippen LogP contribution in [0, 0.1) is 12.7 Å². The fraction of sp³-hybridized carbons (Fsp3) is 0.167. The Bertz CT molecular complexity index is 664. The van der Waals surface area contributed by atoms with Crippen LogP contribution in [-0.4, -0.2) is 12.5 Å². The van der Waals surface area contributed by atoms with Crippen molar-refractivity contribution in [2.75, 3.05) is 11.4 Å². The Hall–Kier alpha value is -2.42. The molecule has 0 atom stereocenters. The molecule has 0 heterocycles. The fourth-order valence-electron chi connectivity index (χ4n) is 2.13. The van der Waals surface area contributed by atoms with Crippen molar-refractivity contribution < 1.29 is 9.18 Å². The van der Waals surface area contributed by atoms with Crippen LogP contribution in [0.15, 0.2) is 54.6 Å². The molecule has 0 saturated carbocycles. The number of halogens is 1. The van der Waals surface area contributed by atoms with Gasteiger partial charge >= 0.3 is 0 Å². The van der Waals surface area contributed by atoms with Crippen molar-refractivity contribution >= 4 is 17.7 Å². The van der Waals surface area contributed by atoms with Crippen molar-refractivity contribution in [1.29, 1.82) is 0 Å². The Balaban J connectivity index is 2.17. The summed E-state index contributed by atoms with van der Waals surface area (Å²) in [5, 5.41) is 0. The SMILES string of the molecule is CCN(C(=O)/C=C/c1cccc(F)c1)c1cccc(C)c1. The average molecular weight is 283 g/mol. The molecule has 2 aromatic carbocycles. The lowest BCUT2D eigenvalue weighted by Crippen LogP contribution is -2.28. The maximum atomic E-state index is 13.1. The van der Waals surface area contributed by atoms with E-state index in [0.29, 0.717) is 12.1 Å². The molecule has 0 bridgehead atoms. The van der Waals surface area contributed by atoms with Crippen LogP contribution in [0.25, 0.3) is 6.08 Å². The van der Waals surface area contributed by atoms with Crippen molar-refractivity contribution in [3.8, 4) is 0 Å². The molecule has 0 N–H and O–H groups in total. The van der Waals surface area contributed by atoms with Gasteiger partial charge in [0.2, 0.25) is 0 Å². The molecule has 0 aliphatic heterocycles. The van der Waals surface area contributed by atoms with E-state index in [4.69, 9.17) is 0 Å². The van der Waals surface area contributed by atoms with E-state index in [2.05, 4.69) is 0 Å². The number of anilines is 1. The number of carbonyl (C=O) groups is 1. The third-order valence-corrected chi connectivity index (χ3v) is 3.16. The molecular formula is C18H18FNO. The van der Waals surface area contributed by atoms with Crippen molar-refractivity contribution in [2.45, 2.75) is 13.8 Å². The van der Waals surface area contributed by atoms with Crippen LogP contribution in [-0.2, 0) is 4.79 Å². The molecule has 0 aliphatic carbocycles. The number of nitrogens with zero attached hydrogens (tertiary/aromatic N) is 1. The summed E-state index contributed by atoms with van der Waals surface area (Å²) >= 11 is 0. The van der Waals surface area contributed by atoms with Gasteiger partial charge in [0.15, 0.2) is 0 Å². The molecule has 0 unspecified atom stereocenters. The van der Waals surface area contributed by atoms with Gasteiger partial charge in [-0.1, -0.05) is 24.3 Å². The second-order valence-corrected chi connectivity index (χ2v) is 4.81. The van der Waals surface area contributed by atoms with Gasteiger partial charge in [0.1, 0.15) is 5.82 Å². The van der Waals surface area contributed by atoms with Gasteiger partial charge in [0.25, 0.3) is 5.91 Å². The maximum absolute atomic E-state index is 13.1. The summed E-state index contributed by atoms with van der Waals surface area (Å²) in [4.78, 5) is 14.0. The lowest BCUT2D eigenvalue weighted by Gasteiger charge is -2.19. The van der Waals surface area contributed by atoms with Crippen LogP contribution >= 0.6 is 0 Å². The van der Waals surface area contributed by atoms with Gasteiger partial charge < -0.3 is 4.90 Å². The zero-order valence-electron chi connectivity index (χ0n) is 12.2. The molecule has 2 nitrogen and oxygen atoms in total. The minimum Gasteiger partial charge on any atom is -0.309 e.